The van der Waals surface area contributed by atoms with Crippen LogP contribution >= 0.6 is 0 Å². The Bertz CT molecular complexity index is 883. The summed E-state index contributed by atoms with van der Waals surface area (Å²) in [4.78, 5) is 8.79. The highest BCUT2D eigenvalue weighted by molar-refractivity contribution is 5.58. The van der Waals surface area contributed by atoms with Crippen LogP contribution in [0.25, 0.3) is 0 Å². The first kappa shape index (κ1) is 17.5. The third kappa shape index (κ3) is 4.22. The maximum absolute atomic E-state index is 5.34. The van der Waals surface area contributed by atoms with Crippen molar-refractivity contribution < 1.29 is 9.47 Å². The predicted octanol–water partition coefficient (Wildman–Crippen LogP) is 4.16. The van der Waals surface area contributed by atoms with Gasteiger partial charge in [-0.3, -0.25) is 0 Å². The smallest absolute Gasteiger partial charge is 0.229 e. The summed E-state index contributed by atoms with van der Waals surface area (Å²) in [6.07, 6.45) is 1.73. The molecule has 134 valence electrons. The monoisotopic (exact) mass is 350 g/mol. The Balaban J connectivity index is 1.68. The van der Waals surface area contributed by atoms with Gasteiger partial charge in [-0.05, 0) is 42.3 Å². The predicted molar refractivity (Wildman–Crippen MR) is 103 cm³/mol. The molecule has 2 aromatic carbocycles. The fourth-order valence-electron chi connectivity index (χ4n) is 2.53. The van der Waals surface area contributed by atoms with Crippen LogP contribution in [0.2, 0.25) is 0 Å². The van der Waals surface area contributed by atoms with Crippen molar-refractivity contribution in [2.24, 2.45) is 0 Å². The molecule has 0 bridgehead atoms. The second-order valence-electron chi connectivity index (χ2n) is 5.75. The van der Waals surface area contributed by atoms with Crippen LogP contribution in [0.15, 0.2) is 54.7 Å². The van der Waals surface area contributed by atoms with Gasteiger partial charge in [-0.1, -0.05) is 24.3 Å². The van der Waals surface area contributed by atoms with Crippen molar-refractivity contribution in [1.82, 2.24) is 9.97 Å². The Morgan fingerprint density at radius 2 is 1.77 bits per heavy atom. The van der Waals surface area contributed by atoms with E-state index in [2.05, 4.69) is 20.6 Å². The second kappa shape index (κ2) is 8.20. The van der Waals surface area contributed by atoms with Crippen molar-refractivity contribution in [3.8, 4) is 11.5 Å². The minimum atomic E-state index is 0.552. The number of ether oxygens (including phenoxy) is 2. The maximum atomic E-state index is 5.34. The van der Waals surface area contributed by atoms with E-state index < -0.39 is 0 Å². The lowest BCUT2D eigenvalue weighted by atomic mass is 10.2. The molecule has 6 nitrogen and oxygen atoms in total. The van der Waals surface area contributed by atoms with Gasteiger partial charge in [-0.15, -0.1) is 0 Å². The van der Waals surface area contributed by atoms with Crippen LogP contribution in [0.1, 0.15) is 11.1 Å². The van der Waals surface area contributed by atoms with E-state index in [0.717, 1.165) is 22.6 Å². The largest absolute Gasteiger partial charge is 0.493 e. The van der Waals surface area contributed by atoms with Crippen molar-refractivity contribution in [2.45, 2.75) is 13.5 Å². The summed E-state index contributed by atoms with van der Waals surface area (Å²) in [5.41, 5.74) is 3.19. The SMILES string of the molecule is COc1ccc(CNc2ccnc(Nc3ccccc3C)n2)cc1OC. The Morgan fingerprint density at radius 1 is 0.962 bits per heavy atom. The van der Waals surface area contributed by atoms with Crippen molar-refractivity contribution in [3.05, 3.63) is 65.9 Å². The normalized spacial score (nSPS) is 10.3. The zero-order valence-corrected chi connectivity index (χ0v) is 15.1. The first-order valence-corrected chi connectivity index (χ1v) is 8.30. The molecule has 0 saturated heterocycles. The van der Waals surface area contributed by atoms with Gasteiger partial charge in [0.25, 0.3) is 0 Å². The molecular weight excluding hydrogens is 328 g/mol. The summed E-state index contributed by atoms with van der Waals surface area (Å²) in [5.74, 6) is 2.71. The van der Waals surface area contributed by atoms with Crippen LogP contribution in [0.5, 0.6) is 11.5 Å². The standard InChI is InChI=1S/C20H22N4O2/c1-14-6-4-5-7-16(14)23-20-21-11-10-19(24-20)22-13-15-8-9-17(25-2)18(12-15)26-3/h4-12H,13H2,1-3H3,(H2,21,22,23,24). The van der Waals surface area contributed by atoms with Crippen LogP contribution in [-0.2, 0) is 6.54 Å². The number of nitrogens with zero attached hydrogens (tertiary/aromatic N) is 2. The quantitative estimate of drug-likeness (QED) is 0.667. The number of nitrogens with one attached hydrogen (secondary N) is 2. The molecule has 0 aliphatic heterocycles. The van der Waals surface area contributed by atoms with E-state index in [9.17, 15) is 0 Å². The van der Waals surface area contributed by atoms with E-state index >= 15 is 0 Å². The summed E-state index contributed by atoms with van der Waals surface area (Å²) in [6, 6.07) is 15.7. The van der Waals surface area contributed by atoms with Gasteiger partial charge in [0.1, 0.15) is 5.82 Å². The summed E-state index contributed by atoms with van der Waals surface area (Å²) in [6.45, 7) is 2.66. The molecular formula is C20H22N4O2. The van der Waals surface area contributed by atoms with Gasteiger partial charge in [0.05, 0.1) is 14.2 Å². The highest BCUT2D eigenvalue weighted by Crippen LogP contribution is 2.27. The number of rotatable bonds is 7. The van der Waals surface area contributed by atoms with Crippen molar-refractivity contribution in [2.75, 3.05) is 24.9 Å². The molecule has 3 rings (SSSR count). The lowest BCUT2D eigenvalue weighted by Crippen LogP contribution is -2.05. The Morgan fingerprint density at radius 3 is 2.54 bits per heavy atom. The van der Waals surface area contributed by atoms with E-state index in [1.807, 2.05) is 55.5 Å². The highest BCUT2D eigenvalue weighted by Gasteiger charge is 2.06. The van der Waals surface area contributed by atoms with Crippen LogP contribution in [0, 0.1) is 6.92 Å². The molecule has 1 aromatic heterocycles. The summed E-state index contributed by atoms with van der Waals surface area (Å²) < 4.78 is 10.6. The molecule has 6 heteroatoms. The number of aryl methyl sites for hydroxylation is 1. The minimum absolute atomic E-state index is 0.552. The second-order valence-corrected chi connectivity index (χ2v) is 5.75. The van der Waals surface area contributed by atoms with Gasteiger partial charge < -0.3 is 20.1 Å². The number of aromatic nitrogens is 2. The van der Waals surface area contributed by atoms with Crippen molar-refractivity contribution in [3.63, 3.8) is 0 Å². The molecule has 1 heterocycles. The van der Waals surface area contributed by atoms with Crippen molar-refractivity contribution >= 4 is 17.5 Å². The maximum Gasteiger partial charge on any atom is 0.229 e. The van der Waals surface area contributed by atoms with Gasteiger partial charge in [0.2, 0.25) is 5.95 Å². The summed E-state index contributed by atoms with van der Waals surface area (Å²) >= 11 is 0. The molecule has 0 unspecified atom stereocenters. The van der Waals surface area contributed by atoms with E-state index in [-0.39, 0.29) is 0 Å². The van der Waals surface area contributed by atoms with Crippen molar-refractivity contribution in [1.29, 1.82) is 0 Å². The number of para-hydroxylation sites is 1. The molecule has 0 radical (unpaired) electrons. The van der Waals surface area contributed by atoms with E-state index in [4.69, 9.17) is 9.47 Å². The molecule has 26 heavy (non-hydrogen) atoms. The van der Waals surface area contributed by atoms with E-state index in [1.165, 1.54) is 0 Å². The van der Waals surface area contributed by atoms with Gasteiger partial charge in [0, 0.05) is 18.4 Å². The van der Waals surface area contributed by atoms with Gasteiger partial charge in [-0.25, -0.2) is 4.98 Å². The van der Waals surface area contributed by atoms with Crippen LogP contribution in [0.4, 0.5) is 17.5 Å². The molecule has 2 N–H and O–H groups in total. The lowest BCUT2D eigenvalue weighted by molar-refractivity contribution is 0.354. The third-order valence-corrected chi connectivity index (χ3v) is 3.97. The number of methoxy groups -OCH3 is 2. The zero-order chi connectivity index (χ0) is 18.4. The topological polar surface area (TPSA) is 68.3 Å². The Kier molecular flexibility index (Phi) is 5.53. The molecule has 3 aromatic rings. The first-order valence-electron chi connectivity index (χ1n) is 8.30. The van der Waals surface area contributed by atoms with Crippen LogP contribution < -0.4 is 20.1 Å². The van der Waals surface area contributed by atoms with Gasteiger partial charge in [0.15, 0.2) is 11.5 Å². The number of anilines is 3. The molecule has 0 amide bonds. The highest BCUT2D eigenvalue weighted by atomic mass is 16.5. The molecule has 0 aliphatic carbocycles. The van der Waals surface area contributed by atoms with E-state index in [0.29, 0.717) is 24.0 Å². The Labute approximate surface area is 153 Å². The zero-order valence-electron chi connectivity index (χ0n) is 15.1. The van der Waals surface area contributed by atoms with E-state index in [1.54, 1.807) is 20.4 Å². The molecule has 0 fully saturated rings. The van der Waals surface area contributed by atoms with Crippen LogP contribution in [-0.4, -0.2) is 24.2 Å². The molecule has 0 saturated carbocycles. The molecule has 0 atom stereocenters. The third-order valence-electron chi connectivity index (χ3n) is 3.97. The van der Waals surface area contributed by atoms with Crippen LogP contribution in [0.3, 0.4) is 0 Å². The average molecular weight is 350 g/mol. The molecule has 0 aliphatic rings. The number of hydrogen-bond donors (Lipinski definition) is 2. The number of hydrogen-bond acceptors (Lipinski definition) is 6. The summed E-state index contributed by atoms with van der Waals surface area (Å²) in [7, 11) is 3.25. The average Bonchev–Trinajstić information content (AvgIpc) is 2.68. The van der Waals surface area contributed by atoms with Gasteiger partial charge >= 0.3 is 0 Å². The number of benzene rings is 2. The fourth-order valence-corrected chi connectivity index (χ4v) is 2.53. The Hall–Kier alpha value is -3.28. The first-order chi connectivity index (χ1) is 12.7. The van der Waals surface area contributed by atoms with Gasteiger partial charge in [-0.2, -0.15) is 4.98 Å². The lowest BCUT2D eigenvalue weighted by Gasteiger charge is -2.12. The summed E-state index contributed by atoms with van der Waals surface area (Å²) in [5, 5.41) is 6.55. The minimum Gasteiger partial charge on any atom is -0.493 e. The fraction of sp³-hybridized carbons (Fsp3) is 0.200. The molecule has 0 spiro atoms.